The van der Waals surface area contributed by atoms with Crippen LogP contribution in [0.15, 0.2) is 53.0 Å². The summed E-state index contributed by atoms with van der Waals surface area (Å²) < 4.78 is 88.8. The second-order valence-electron chi connectivity index (χ2n) is 11.5. The summed E-state index contributed by atoms with van der Waals surface area (Å²) in [4.78, 5) is 44.7. The van der Waals surface area contributed by atoms with Crippen molar-refractivity contribution >= 4 is 11.9 Å². The number of ether oxygens (including phenoxy) is 3. The van der Waals surface area contributed by atoms with E-state index < -0.39 is 67.2 Å². The highest BCUT2D eigenvalue weighted by Gasteiger charge is 2.46. The molecule has 0 aliphatic carbocycles. The fourth-order valence-corrected chi connectivity index (χ4v) is 5.77. The summed E-state index contributed by atoms with van der Waals surface area (Å²) in [6.07, 6.45) is -2.91. The Morgan fingerprint density at radius 1 is 1.24 bits per heavy atom. The Morgan fingerprint density at radius 2 is 1.96 bits per heavy atom. The Balaban J connectivity index is 1.71. The standard InChI is InChI=1S/C33H37F5N4O7/c1-6-21(41-11-13-48-16-26(41)33(36,37)38)15-24(34)27(35)30(43)42(17-47-5)25(32(45)46)14-20-9-10-23(29-22(20)8-7-12-49-29)28-31(44)40(4)19(3)18(2)39-28/h6,9-10,15,25-26H,1,7-8,11-14,16-17H2,2-5H3,(H,45,46)/b21-15+,27-24+/t25-,26+/m0/s1. The highest BCUT2D eigenvalue weighted by atomic mass is 19.4. The summed E-state index contributed by atoms with van der Waals surface area (Å²) in [5.41, 5.74) is 1.96. The summed E-state index contributed by atoms with van der Waals surface area (Å²) in [6, 6.07) is -0.836. The van der Waals surface area contributed by atoms with Crippen LogP contribution in [-0.4, -0.2) is 94.8 Å². The molecule has 4 rings (SSSR count). The third-order valence-electron chi connectivity index (χ3n) is 8.57. The first-order valence-corrected chi connectivity index (χ1v) is 15.3. The third kappa shape index (κ3) is 7.85. The van der Waals surface area contributed by atoms with Crippen molar-refractivity contribution in [3.8, 4) is 17.0 Å². The molecule has 0 spiro atoms. The van der Waals surface area contributed by atoms with Crippen LogP contribution in [0.5, 0.6) is 5.75 Å². The van der Waals surface area contributed by atoms with Gasteiger partial charge in [-0.15, -0.1) is 0 Å². The first kappa shape index (κ1) is 37.3. The number of carboxylic acids is 1. The normalized spacial score (nSPS) is 17.9. The molecule has 3 heterocycles. The van der Waals surface area contributed by atoms with Crippen LogP contribution in [-0.2, 0) is 39.0 Å². The van der Waals surface area contributed by atoms with E-state index >= 15 is 8.78 Å². The van der Waals surface area contributed by atoms with Crippen molar-refractivity contribution in [3.05, 3.63) is 81.1 Å². The molecule has 2 aromatic rings. The maximum atomic E-state index is 15.4. The van der Waals surface area contributed by atoms with Crippen LogP contribution in [0.1, 0.15) is 28.9 Å². The molecule has 2 aliphatic heterocycles. The smallest absolute Gasteiger partial charge is 0.411 e. The Labute approximate surface area is 278 Å². The lowest BCUT2D eigenvalue weighted by atomic mass is 9.91. The monoisotopic (exact) mass is 696 g/mol. The number of methoxy groups -OCH3 is 1. The van der Waals surface area contributed by atoms with Gasteiger partial charge in [0.15, 0.2) is 5.83 Å². The van der Waals surface area contributed by atoms with E-state index in [4.69, 9.17) is 14.2 Å². The zero-order chi connectivity index (χ0) is 36.2. The van der Waals surface area contributed by atoms with Gasteiger partial charge in [0.05, 0.1) is 25.5 Å². The van der Waals surface area contributed by atoms with Crippen LogP contribution in [0.25, 0.3) is 11.3 Å². The number of hydrogen-bond donors (Lipinski definition) is 1. The van der Waals surface area contributed by atoms with Crippen molar-refractivity contribution < 1.29 is 50.9 Å². The van der Waals surface area contributed by atoms with Gasteiger partial charge in [0.25, 0.3) is 11.5 Å². The zero-order valence-electron chi connectivity index (χ0n) is 27.4. The van der Waals surface area contributed by atoms with Crippen molar-refractivity contribution in [1.29, 1.82) is 0 Å². The SMILES string of the molecule is C=C/C(=C\C(F)=C(/F)C(=O)N(COC)[C@@H](Cc1ccc(-c2nc(C)c(C)n(C)c2=O)c2c1CCCO2)C(=O)O)N1CCOC[C@@H]1C(F)(F)F. The van der Waals surface area contributed by atoms with E-state index in [0.29, 0.717) is 64.3 Å². The number of allylic oxidation sites excluding steroid dienone is 3. The van der Waals surface area contributed by atoms with Gasteiger partial charge in [0.2, 0.25) is 5.83 Å². The molecule has 266 valence electrons. The van der Waals surface area contributed by atoms with E-state index in [1.165, 1.54) is 4.57 Å². The Bertz CT molecular complexity index is 1740. The van der Waals surface area contributed by atoms with Gasteiger partial charge >= 0.3 is 12.1 Å². The second-order valence-corrected chi connectivity index (χ2v) is 11.5. The Hall–Kier alpha value is -4.57. The molecule has 0 unspecified atom stereocenters. The number of fused-ring (bicyclic) bond motifs is 1. The van der Waals surface area contributed by atoms with Crippen LogP contribution in [0, 0.1) is 13.8 Å². The predicted octanol–water partition coefficient (Wildman–Crippen LogP) is 4.30. The van der Waals surface area contributed by atoms with Gasteiger partial charge in [-0.25, -0.2) is 14.2 Å². The van der Waals surface area contributed by atoms with Gasteiger partial charge in [0.1, 0.15) is 30.3 Å². The van der Waals surface area contributed by atoms with Gasteiger partial charge in [-0.1, -0.05) is 12.6 Å². The molecule has 16 heteroatoms. The number of aryl methyl sites for hydroxylation is 1. The number of carboxylic acid groups (broad SMARTS) is 1. The molecule has 1 aromatic carbocycles. The van der Waals surface area contributed by atoms with Crippen molar-refractivity contribution in [2.75, 3.05) is 40.2 Å². The molecule has 0 saturated carbocycles. The number of rotatable bonds is 11. The minimum atomic E-state index is -4.77. The first-order chi connectivity index (χ1) is 23.1. The number of nitrogens with zero attached hydrogens (tertiary/aromatic N) is 4. The number of benzene rings is 1. The molecular formula is C33H37F5N4O7. The predicted molar refractivity (Wildman–Crippen MR) is 167 cm³/mol. The van der Waals surface area contributed by atoms with Crippen molar-refractivity contribution in [2.45, 2.75) is 51.4 Å². The molecule has 2 aliphatic rings. The number of amides is 1. The summed E-state index contributed by atoms with van der Waals surface area (Å²) in [5.74, 6) is -6.83. The van der Waals surface area contributed by atoms with E-state index in [1.54, 1.807) is 33.0 Å². The summed E-state index contributed by atoms with van der Waals surface area (Å²) in [6.45, 7) is 5.26. The van der Waals surface area contributed by atoms with Crippen LogP contribution in [0.3, 0.4) is 0 Å². The molecule has 1 saturated heterocycles. The first-order valence-electron chi connectivity index (χ1n) is 15.3. The van der Waals surface area contributed by atoms with Crippen molar-refractivity contribution in [2.24, 2.45) is 7.05 Å². The molecule has 49 heavy (non-hydrogen) atoms. The largest absolute Gasteiger partial charge is 0.493 e. The second kappa shape index (κ2) is 15.3. The van der Waals surface area contributed by atoms with E-state index in [9.17, 15) is 32.7 Å². The number of carbonyl (C=O) groups is 2. The molecule has 0 radical (unpaired) electrons. The number of aromatic nitrogens is 2. The summed E-state index contributed by atoms with van der Waals surface area (Å²) >= 11 is 0. The van der Waals surface area contributed by atoms with Crippen molar-refractivity contribution in [1.82, 2.24) is 19.4 Å². The summed E-state index contributed by atoms with van der Waals surface area (Å²) in [5, 5.41) is 10.2. The van der Waals surface area contributed by atoms with Gasteiger partial charge in [-0.05, 0) is 50.0 Å². The molecule has 2 atom stereocenters. The number of carbonyl (C=O) groups excluding carboxylic acids is 1. The van der Waals surface area contributed by atoms with Gasteiger partial charge in [-0.3, -0.25) is 14.5 Å². The number of aliphatic carboxylic acids is 1. The topological polar surface area (TPSA) is 123 Å². The van der Waals surface area contributed by atoms with Crippen LogP contribution >= 0.6 is 0 Å². The maximum Gasteiger partial charge on any atom is 0.411 e. The van der Waals surface area contributed by atoms with Crippen LogP contribution in [0.4, 0.5) is 22.0 Å². The van der Waals surface area contributed by atoms with E-state index in [-0.39, 0.29) is 24.4 Å². The van der Waals surface area contributed by atoms with E-state index in [2.05, 4.69) is 11.6 Å². The van der Waals surface area contributed by atoms with Crippen LogP contribution < -0.4 is 10.3 Å². The molecule has 1 amide bonds. The molecule has 1 fully saturated rings. The van der Waals surface area contributed by atoms with Gasteiger partial charge in [0, 0.05) is 50.2 Å². The minimum absolute atomic E-state index is 0.125. The van der Waals surface area contributed by atoms with E-state index in [1.807, 2.05) is 0 Å². The molecule has 1 aromatic heterocycles. The highest BCUT2D eigenvalue weighted by Crippen LogP contribution is 2.38. The average Bonchev–Trinajstić information content (AvgIpc) is 3.08. The van der Waals surface area contributed by atoms with Crippen molar-refractivity contribution in [3.63, 3.8) is 0 Å². The lowest BCUT2D eigenvalue weighted by molar-refractivity contribution is -0.204. The maximum absolute atomic E-state index is 15.4. The fraction of sp³-hybridized carbons (Fsp3) is 0.455. The molecule has 11 nitrogen and oxygen atoms in total. The lowest BCUT2D eigenvalue weighted by Gasteiger charge is -2.38. The number of morpholine rings is 1. The fourth-order valence-electron chi connectivity index (χ4n) is 5.77. The molecule has 1 N–H and O–H groups in total. The zero-order valence-corrected chi connectivity index (χ0v) is 27.4. The van der Waals surface area contributed by atoms with Crippen LogP contribution in [0.2, 0.25) is 0 Å². The van der Waals surface area contributed by atoms with Gasteiger partial charge in [-0.2, -0.15) is 17.6 Å². The Kier molecular flexibility index (Phi) is 11.7. The lowest BCUT2D eigenvalue weighted by Crippen LogP contribution is -2.52. The minimum Gasteiger partial charge on any atom is -0.493 e. The number of halogens is 5. The number of hydrogen-bond acceptors (Lipinski definition) is 8. The van der Waals surface area contributed by atoms with E-state index in [0.717, 1.165) is 18.1 Å². The average molecular weight is 697 g/mol. The quantitative estimate of drug-likeness (QED) is 0.159. The Morgan fingerprint density at radius 3 is 2.59 bits per heavy atom. The molecular weight excluding hydrogens is 659 g/mol. The number of alkyl halides is 3. The van der Waals surface area contributed by atoms with Gasteiger partial charge < -0.3 is 28.8 Å². The third-order valence-corrected chi connectivity index (χ3v) is 8.57. The summed E-state index contributed by atoms with van der Waals surface area (Å²) in [7, 11) is 2.73. The molecule has 0 bridgehead atoms. The highest BCUT2D eigenvalue weighted by molar-refractivity contribution is 5.95.